The average Bonchev–Trinajstić information content (AvgIpc) is 2.09. The molecule has 0 bridgehead atoms. The Labute approximate surface area is 63.2 Å². The molecule has 0 aliphatic rings. The van der Waals surface area contributed by atoms with Gasteiger partial charge in [0.15, 0.2) is 0 Å². The summed E-state index contributed by atoms with van der Waals surface area (Å²) in [6.07, 6.45) is 0. The molecule has 5 heteroatoms. The number of anilines is 1. The van der Waals surface area contributed by atoms with E-state index in [9.17, 15) is 4.91 Å². The Kier molecular flexibility index (Phi) is 2.53. The quantitative estimate of drug-likeness (QED) is 0.634. The van der Waals surface area contributed by atoms with Crippen LogP contribution in [-0.2, 0) is 4.94 Å². The van der Waals surface area contributed by atoms with Gasteiger partial charge in [-0.05, 0) is 12.1 Å². The van der Waals surface area contributed by atoms with Crippen LogP contribution in [0.15, 0.2) is 30.3 Å². The van der Waals surface area contributed by atoms with E-state index in [0.717, 1.165) is 0 Å². The van der Waals surface area contributed by atoms with Crippen LogP contribution in [0.25, 0.3) is 0 Å². The molecule has 57 valence electrons. The first-order valence-electron chi connectivity index (χ1n) is 2.94. The smallest absolute Gasteiger partial charge is 0.184 e. The molecule has 5 nitrogen and oxygen atoms in total. The van der Waals surface area contributed by atoms with Crippen molar-refractivity contribution in [2.45, 2.75) is 0 Å². The molecule has 0 amide bonds. The Hall–Kier alpha value is -1.46. The summed E-state index contributed by atoms with van der Waals surface area (Å²) in [5, 5.41) is 3.19. The third-order valence-electron chi connectivity index (χ3n) is 1.15. The minimum atomic E-state index is 0.491. The van der Waals surface area contributed by atoms with Gasteiger partial charge in [-0.25, -0.2) is 0 Å². The molecule has 0 heterocycles. The lowest BCUT2D eigenvalue weighted by molar-refractivity contribution is 0.0988. The van der Waals surface area contributed by atoms with Crippen LogP contribution in [0.5, 0.6) is 0 Å². The van der Waals surface area contributed by atoms with Gasteiger partial charge in [-0.3, -0.25) is 0 Å². The van der Waals surface area contributed by atoms with E-state index in [2.05, 4.69) is 10.2 Å². The van der Waals surface area contributed by atoms with E-state index in [0.29, 0.717) is 10.9 Å². The van der Waals surface area contributed by atoms with Crippen LogP contribution in [0.1, 0.15) is 0 Å². The van der Waals surface area contributed by atoms with Crippen LogP contribution < -0.4 is 16.4 Å². The maximum absolute atomic E-state index is 10.0. The van der Waals surface area contributed by atoms with Gasteiger partial charge in [0.1, 0.15) is 15.8 Å². The Bertz CT molecular complexity index is 227. The standard InChI is InChI=1S/C6H7N3O2/c7-11-9(8-10)6-4-2-1-3-5-6/h1-5H,7H2/q+1. The highest BCUT2D eigenvalue weighted by molar-refractivity contribution is 5.41. The SMILES string of the molecule is NON([N+]=O)c1ccccc1. The second-order valence-electron chi connectivity index (χ2n) is 1.80. The second kappa shape index (κ2) is 3.65. The number of rotatable bonds is 3. The van der Waals surface area contributed by atoms with E-state index >= 15 is 0 Å². The zero-order valence-corrected chi connectivity index (χ0v) is 5.68. The fourth-order valence-electron chi connectivity index (χ4n) is 0.683. The average molecular weight is 153 g/mol. The lowest BCUT2D eigenvalue weighted by atomic mass is 10.3. The van der Waals surface area contributed by atoms with E-state index in [-0.39, 0.29) is 0 Å². The highest BCUT2D eigenvalue weighted by Crippen LogP contribution is 2.08. The lowest BCUT2D eigenvalue weighted by Crippen LogP contribution is -2.27. The van der Waals surface area contributed by atoms with Gasteiger partial charge in [-0.2, -0.15) is 5.90 Å². The summed E-state index contributed by atoms with van der Waals surface area (Å²) in [5.41, 5.74) is 0.491. The van der Waals surface area contributed by atoms with Crippen LogP contribution in [0, 0.1) is 4.91 Å². The first-order chi connectivity index (χ1) is 5.38. The van der Waals surface area contributed by atoms with E-state index in [1.165, 1.54) is 0 Å². The number of nitroso groups, excluding NO2 is 1. The van der Waals surface area contributed by atoms with Gasteiger partial charge in [0.25, 0.3) is 0 Å². The first-order valence-corrected chi connectivity index (χ1v) is 2.94. The van der Waals surface area contributed by atoms with Crippen molar-refractivity contribution in [3.8, 4) is 0 Å². The summed E-state index contributed by atoms with van der Waals surface area (Å²) in [7, 11) is 0. The Morgan fingerprint density at radius 2 is 2.00 bits per heavy atom. The van der Waals surface area contributed by atoms with Gasteiger partial charge >= 0.3 is 5.29 Å². The Morgan fingerprint density at radius 1 is 1.36 bits per heavy atom. The maximum Gasteiger partial charge on any atom is 0.516 e. The second-order valence-corrected chi connectivity index (χ2v) is 1.80. The van der Waals surface area contributed by atoms with Crippen LogP contribution in [-0.4, -0.2) is 0 Å². The third kappa shape index (κ3) is 1.73. The molecular weight excluding hydrogens is 146 g/mol. The third-order valence-corrected chi connectivity index (χ3v) is 1.15. The molecular formula is C6H7N3O2+. The summed E-state index contributed by atoms with van der Waals surface area (Å²) in [6.45, 7) is 0. The van der Waals surface area contributed by atoms with Crippen LogP contribution in [0.4, 0.5) is 5.69 Å². The molecule has 0 spiro atoms. The predicted octanol–water partition coefficient (Wildman–Crippen LogP) is 0.315. The highest BCUT2D eigenvalue weighted by Gasteiger charge is 2.17. The summed E-state index contributed by atoms with van der Waals surface area (Å²) in [5.74, 6) is 4.75. The molecule has 1 rings (SSSR count). The van der Waals surface area contributed by atoms with Gasteiger partial charge < -0.3 is 0 Å². The zero-order chi connectivity index (χ0) is 8.10. The zero-order valence-electron chi connectivity index (χ0n) is 5.68. The number of hydrogen-bond acceptors (Lipinski definition) is 4. The number of para-hydroxylation sites is 1. The minimum Gasteiger partial charge on any atom is -0.184 e. The number of nitrogens with zero attached hydrogens (tertiary/aromatic N) is 2. The molecule has 2 N–H and O–H groups in total. The van der Waals surface area contributed by atoms with Crippen molar-refractivity contribution in [2.75, 3.05) is 5.17 Å². The van der Waals surface area contributed by atoms with Gasteiger partial charge in [0, 0.05) is 0 Å². The molecule has 1 aromatic carbocycles. The maximum atomic E-state index is 10.0. The van der Waals surface area contributed by atoms with E-state index in [4.69, 9.17) is 5.90 Å². The number of nitrogens with two attached hydrogens (primary N) is 1. The molecule has 0 saturated carbocycles. The topological polar surface area (TPSA) is 69.7 Å². The lowest BCUT2D eigenvalue weighted by Gasteiger charge is -1.97. The van der Waals surface area contributed by atoms with Crippen molar-refractivity contribution in [1.29, 1.82) is 0 Å². The van der Waals surface area contributed by atoms with Gasteiger partial charge in [-0.1, -0.05) is 18.2 Å². The summed E-state index contributed by atoms with van der Waals surface area (Å²) < 4.78 is 0. The van der Waals surface area contributed by atoms with Crippen molar-refractivity contribution in [3.63, 3.8) is 0 Å². The normalized spacial score (nSPS) is 9.18. The van der Waals surface area contributed by atoms with Crippen molar-refractivity contribution >= 4 is 5.69 Å². The van der Waals surface area contributed by atoms with Gasteiger partial charge in [-0.15, -0.1) is 4.94 Å². The fraction of sp³-hybridized carbons (Fsp3) is 0. The van der Waals surface area contributed by atoms with Crippen molar-refractivity contribution in [2.24, 2.45) is 5.90 Å². The van der Waals surface area contributed by atoms with Crippen LogP contribution in [0.3, 0.4) is 0 Å². The summed E-state index contributed by atoms with van der Waals surface area (Å²) in [6, 6.07) is 8.59. The molecule has 0 aliphatic heterocycles. The summed E-state index contributed by atoms with van der Waals surface area (Å²) >= 11 is 0. The molecule has 0 aliphatic carbocycles. The monoisotopic (exact) mass is 153 g/mol. The van der Waals surface area contributed by atoms with Gasteiger partial charge in [0.2, 0.25) is 0 Å². The van der Waals surface area contributed by atoms with Gasteiger partial charge in [0.05, 0.1) is 0 Å². The molecule has 1 radical (unpaired) electrons. The molecule has 0 saturated heterocycles. The van der Waals surface area contributed by atoms with Crippen molar-refractivity contribution in [3.05, 3.63) is 35.2 Å². The fourth-order valence-corrected chi connectivity index (χ4v) is 0.683. The van der Waals surface area contributed by atoms with Crippen LogP contribution in [0.2, 0.25) is 0 Å². The number of benzene rings is 1. The van der Waals surface area contributed by atoms with E-state index in [1.54, 1.807) is 24.3 Å². The molecule has 0 fully saturated rings. The van der Waals surface area contributed by atoms with Crippen molar-refractivity contribution < 1.29 is 4.94 Å². The molecule has 0 atom stereocenters. The number of hydrogen-bond donors (Lipinski definition) is 1. The Balaban J connectivity index is 2.82. The largest absolute Gasteiger partial charge is 0.516 e. The van der Waals surface area contributed by atoms with Crippen LogP contribution >= 0.6 is 0 Å². The first kappa shape index (κ1) is 7.64. The summed E-state index contributed by atoms with van der Waals surface area (Å²) in [4.78, 5) is 14.1. The Morgan fingerprint density at radius 3 is 2.45 bits per heavy atom. The van der Waals surface area contributed by atoms with E-state index in [1.807, 2.05) is 6.07 Å². The minimum absolute atomic E-state index is 0.491. The molecule has 11 heavy (non-hydrogen) atoms. The highest BCUT2D eigenvalue weighted by atomic mass is 16.8. The molecule has 0 aromatic heterocycles. The molecule has 1 aromatic rings. The van der Waals surface area contributed by atoms with E-state index < -0.39 is 0 Å². The predicted molar refractivity (Wildman–Crippen MR) is 39.7 cm³/mol. The molecule has 0 unspecified atom stereocenters. The van der Waals surface area contributed by atoms with Crippen molar-refractivity contribution in [1.82, 2.24) is 5.29 Å².